The molecule has 0 aliphatic carbocycles. The highest BCUT2D eigenvalue weighted by molar-refractivity contribution is 5.39. The Balaban J connectivity index is 1.84. The molecule has 1 aromatic carbocycles. The number of para-hydroxylation sites is 2. The Labute approximate surface area is 108 Å². The summed E-state index contributed by atoms with van der Waals surface area (Å²) in [5, 5.41) is 0. The quantitative estimate of drug-likeness (QED) is 0.869. The van der Waals surface area contributed by atoms with E-state index in [9.17, 15) is 0 Å². The van der Waals surface area contributed by atoms with Gasteiger partial charge in [0.05, 0.1) is 20.3 Å². The van der Waals surface area contributed by atoms with E-state index in [1.165, 1.54) is 0 Å². The van der Waals surface area contributed by atoms with E-state index >= 15 is 0 Å². The van der Waals surface area contributed by atoms with Gasteiger partial charge < -0.3 is 19.9 Å². The Kier molecular flexibility index (Phi) is 4.44. The van der Waals surface area contributed by atoms with Crippen LogP contribution in [0.3, 0.4) is 0 Å². The summed E-state index contributed by atoms with van der Waals surface area (Å²) in [6.07, 6.45) is 2.83. The maximum atomic E-state index is 6.26. The second kappa shape index (κ2) is 6.07. The lowest BCUT2D eigenvalue weighted by Crippen LogP contribution is -2.48. The van der Waals surface area contributed by atoms with E-state index in [2.05, 4.69) is 0 Å². The highest BCUT2D eigenvalue weighted by Gasteiger charge is 2.28. The van der Waals surface area contributed by atoms with Gasteiger partial charge in [-0.2, -0.15) is 0 Å². The van der Waals surface area contributed by atoms with Gasteiger partial charge in [-0.3, -0.25) is 0 Å². The Morgan fingerprint density at radius 3 is 2.78 bits per heavy atom. The van der Waals surface area contributed by atoms with Gasteiger partial charge in [0, 0.05) is 18.6 Å². The summed E-state index contributed by atoms with van der Waals surface area (Å²) in [5.41, 5.74) is 6.02. The summed E-state index contributed by atoms with van der Waals surface area (Å²) in [6, 6.07) is 7.64. The molecule has 4 heteroatoms. The van der Waals surface area contributed by atoms with Gasteiger partial charge in [0.2, 0.25) is 0 Å². The molecule has 1 unspecified atom stereocenters. The molecule has 1 heterocycles. The minimum atomic E-state index is -0.236. The van der Waals surface area contributed by atoms with Crippen LogP contribution in [-0.4, -0.2) is 32.5 Å². The number of rotatable bonds is 5. The first kappa shape index (κ1) is 13.2. The van der Waals surface area contributed by atoms with Gasteiger partial charge in [-0.05, 0) is 25.0 Å². The first-order valence-corrected chi connectivity index (χ1v) is 6.36. The lowest BCUT2D eigenvalue weighted by Gasteiger charge is -2.33. The van der Waals surface area contributed by atoms with E-state index in [0.717, 1.165) is 37.4 Å². The van der Waals surface area contributed by atoms with E-state index in [-0.39, 0.29) is 5.54 Å². The summed E-state index contributed by atoms with van der Waals surface area (Å²) >= 11 is 0. The topological polar surface area (TPSA) is 53.7 Å². The van der Waals surface area contributed by atoms with Crippen LogP contribution in [0.1, 0.15) is 19.3 Å². The number of benzene rings is 1. The fourth-order valence-corrected chi connectivity index (χ4v) is 2.17. The van der Waals surface area contributed by atoms with Gasteiger partial charge >= 0.3 is 0 Å². The average Bonchev–Trinajstić information content (AvgIpc) is 2.40. The highest BCUT2D eigenvalue weighted by Crippen LogP contribution is 2.27. The molecule has 0 amide bonds. The first-order chi connectivity index (χ1) is 8.73. The van der Waals surface area contributed by atoms with Gasteiger partial charge in [0.1, 0.15) is 0 Å². The minimum Gasteiger partial charge on any atom is -0.493 e. The molecular weight excluding hydrogens is 230 g/mol. The van der Waals surface area contributed by atoms with E-state index in [4.69, 9.17) is 19.9 Å². The molecule has 0 saturated carbocycles. The van der Waals surface area contributed by atoms with Gasteiger partial charge in [-0.1, -0.05) is 12.1 Å². The highest BCUT2D eigenvalue weighted by atomic mass is 16.5. The molecule has 0 radical (unpaired) electrons. The van der Waals surface area contributed by atoms with Crippen LogP contribution in [-0.2, 0) is 4.74 Å². The molecular formula is C14H21NO3. The summed E-state index contributed by atoms with van der Waals surface area (Å²) < 4.78 is 16.4. The summed E-state index contributed by atoms with van der Waals surface area (Å²) in [6.45, 7) is 2.04. The maximum Gasteiger partial charge on any atom is 0.161 e. The van der Waals surface area contributed by atoms with Crippen LogP contribution in [0, 0.1) is 0 Å². The molecule has 18 heavy (non-hydrogen) atoms. The van der Waals surface area contributed by atoms with Crippen molar-refractivity contribution in [2.45, 2.75) is 24.8 Å². The summed E-state index contributed by atoms with van der Waals surface area (Å²) in [5.74, 6) is 1.52. The van der Waals surface area contributed by atoms with Crippen molar-refractivity contribution < 1.29 is 14.2 Å². The average molecular weight is 251 g/mol. The van der Waals surface area contributed by atoms with Crippen molar-refractivity contribution in [1.82, 2.24) is 0 Å². The molecule has 1 fully saturated rings. The summed E-state index contributed by atoms with van der Waals surface area (Å²) in [4.78, 5) is 0. The van der Waals surface area contributed by atoms with E-state index in [1.54, 1.807) is 7.11 Å². The third kappa shape index (κ3) is 3.37. The van der Waals surface area contributed by atoms with E-state index < -0.39 is 0 Å². The van der Waals surface area contributed by atoms with Crippen molar-refractivity contribution in [2.75, 3.05) is 26.9 Å². The zero-order chi connectivity index (χ0) is 12.8. The monoisotopic (exact) mass is 251 g/mol. The molecule has 1 aromatic rings. The molecule has 2 N–H and O–H groups in total. The Morgan fingerprint density at radius 1 is 1.33 bits per heavy atom. The van der Waals surface area contributed by atoms with Crippen LogP contribution in [0.25, 0.3) is 0 Å². The number of hydrogen-bond donors (Lipinski definition) is 1. The van der Waals surface area contributed by atoms with Crippen LogP contribution in [0.4, 0.5) is 0 Å². The van der Waals surface area contributed by atoms with Crippen molar-refractivity contribution in [3.63, 3.8) is 0 Å². The minimum absolute atomic E-state index is 0.236. The largest absolute Gasteiger partial charge is 0.493 e. The fourth-order valence-electron chi connectivity index (χ4n) is 2.17. The lowest BCUT2D eigenvalue weighted by atomic mass is 9.90. The van der Waals surface area contributed by atoms with Crippen molar-refractivity contribution in [3.8, 4) is 11.5 Å². The van der Waals surface area contributed by atoms with Crippen LogP contribution in [0.15, 0.2) is 24.3 Å². The van der Waals surface area contributed by atoms with Gasteiger partial charge in [-0.15, -0.1) is 0 Å². The normalized spacial score (nSPS) is 23.7. The zero-order valence-corrected chi connectivity index (χ0v) is 10.9. The number of methoxy groups -OCH3 is 1. The van der Waals surface area contributed by atoms with Gasteiger partial charge in [0.15, 0.2) is 11.5 Å². The molecule has 1 saturated heterocycles. The van der Waals surface area contributed by atoms with Crippen LogP contribution < -0.4 is 15.2 Å². The standard InChI is InChI=1S/C14H21NO3/c1-16-12-5-2-3-6-13(12)18-10-8-14(15)7-4-9-17-11-14/h2-3,5-6H,4,7-11,15H2,1H3. The second-order valence-electron chi connectivity index (χ2n) is 4.77. The molecule has 100 valence electrons. The Hall–Kier alpha value is -1.26. The second-order valence-corrected chi connectivity index (χ2v) is 4.77. The predicted octanol–water partition coefficient (Wildman–Crippen LogP) is 1.97. The maximum absolute atomic E-state index is 6.26. The van der Waals surface area contributed by atoms with E-state index in [1.807, 2.05) is 24.3 Å². The smallest absolute Gasteiger partial charge is 0.161 e. The van der Waals surface area contributed by atoms with Crippen molar-refractivity contribution >= 4 is 0 Å². The molecule has 1 atom stereocenters. The third-order valence-electron chi connectivity index (χ3n) is 3.28. The van der Waals surface area contributed by atoms with Crippen LogP contribution in [0.5, 0.6) is 11.5 Å². The van der Waals surface area contributed by atoms with Crippen molar-refractivity contribution in [2.24, 2.45) is 5.73 Å². The fraction of sp³-hybridized carbons (Fsp3) is 0.571. The Morgan fingerprint density at radius 2 is 2.11 bits per heavy atom. The first-order valence-electron chi connectivity index (χ1n) is 6.36. The molecule has 0 aromatic heterocycles. The van der Waals surface area contributed by atoms with Crippen molar-refractivity contribution in [3.05, 3.63) is 24.3 Å². The van der Waals surface area contributed by atoms with Gasteiger partial charge in [0.25, 0.3) is 0 Å². The molecule has 0 spiro atoms. The van der Waals surface area contributed by atoms with Crippen molar-refractivity contribution in [1.29, 1.82) is 0 Å². The van der Waals surface area contributed by atoms with E-state index in [0.29, 0.717) is 13.2 Å². The molecule has 1 aliphatic rings. The molecule has 1 aliphatic heterocycles. The zero-order valence-electron chi connectivity index (χ0n) is 10.9. The number of nitrogens with two attached hydrogens (primary N) is 1. The summed E-state index contributed by atoms with van der Waals surface area (Å²) in [7, 11) is 1.64. The lowest BCUT2D eigenvalue weighted by molar-refractivity contribution is 0.0287. The third-order valence-corrected chi connectivity index (χ3v) is 3.28. The molecule has 4 nitrogen and oxygen atoms in total. The SMILES string of the molecule is COc1ccccc1OCCC1(N)CCCOC1. The van der Waals surface area contributed by atoms with Crippen LogP contribution in [0.2, 0.25) is 0 Å². The van der Waals surface area contributed by atoms with Crippen LogP contribution >= 0.6 is 0 Å². The van der Waals surface area contributed by atoms with Gasteiger partial charge in [-0.25, -0.2) is 0 Å². The molecule has 0 bridgehead atoms. The molecule has 2 rings (SSSR count). The number of hydrogen-bond acceptors (Lipinski definition) is 4. The predicted molar refractivity (Wildman–Crippen MR) is 70.1 cm³/mol. The number of ether oxygens (including phenoxy) is 3. The Bertz CT molecular complexity index is 375.